The maximum absolute atomic E-state index is 12.1. The molecule has 0 aliphatic rings. The lowest BCUT2D eigenvalue weighted by molar-refractivity contribution is 0.0692. The first kappa shape index (κ1) is 13.3. The number of fused-ring (bicyclic) bond motifs is 1. The van der Waals surface area contributed by atoms with Crippen molar-refractivity contribution in [2.75, 3.05) is 5.32 Å². The van der Waals surface area contributed by atoms with Crippen LogP contribution in [-0.2, 0) is 7.05 Å². The highest BCUT2D eigenvalue weighted by molar-refractivity contribution is 7.22. The van der Waals surface area contributed by atoms with Crippen LogP contribution in [0.2, 0.25) is 0 Å². The van der Waals surface area contributed by atoms with E-state index in [1.165, 1.54) is 22.2 Å². The van der Waals surface area contributed by atoms with Crippen LogP contribution in [0, 0.1) is 0 Å². The van der Waals surface area contributed by atoms with E-state index >= 15 is 0 Å². The van der Waals surface area contributed by atoms with Crippen molar-refractivity contribution in [2.45, 2.75) is 0 Å². The molecule has 0 aliphatic carbocycles. The van der Waals surface area contributed by atoms with E-state index in [1.54, 1.807) is 7.05 Å². The van der Waals surface area contributed by atoms with Gasteiger partial charge in [0.2, 0.25) is 0 Å². The van der Waals surface area contributed by atoms with Gasteiger partial charge in [-0.3, -0.25) is 14.8 Å². The van der Waals surface area contributed by atoms with Gasteiger partial charge in [0, 0.05) is 13.2 Å². The Morgan fingerprint density at radius 1 is 1.33 bits per heavy atom. The molecule has 2 aromatic heterocycles. The van der Waals surface area contributed by atoms with Crippen LogP contribution in [0.5, 0.6) is 0 Å². The summed E-state index contributed by atoms with van der Waals surface area (Å²) >= 11 is 1.32. The van der Waals surface area contributed by atoms with Crippen LogP contribution in [0.25, 0.3) is 10.2 Å². The number of aromatic carboxylic acids is 1. The molecule has 2 heterocycles. The van der Waals surface area contributed by atoms with E-state index in [9.17, 15) is 9.59 Å². The van der Waals surface area contributed by atoms with Gasteiger partial charge in [-0.05, 0) is 12.1 Å². The number of carbonyl (C=O) groups is 2. The molecule has 0 saturated heterocycles. The molecular weight excluding hydrogens is 292 g/mol. The Morgan fingerprint density at radius 2 is 2.10 bits per heavy atom. The zero-order chi connectivity index (χ0) is 15.0. The topological polar surface area (TPSA) is 97.1 Å². The SMILES string of the molecule is Cn1cc(C(=O)O)c(C(=O)Nc2nc3ccccc3s2)n1. The van der Waals surface area contributed by atoms with Crippen LogP contribution in [-0.4, -0.2) is 31.7 Å². The van der Waals surface area contributed by atoms with E-state index in [-0.39, 0.29) is 11.3 Å². The fourth-order valence-electron chi connectivity index (χ4n) is 1.89. The third-order valence-corrected chi connectivity index (χ3v) is 3.74. The second-order valence-electron chi connectivity index (χ2n) is 4.31. The zero-order valence-corrected chi connectivity index (χ0v) is 11.7. The number of nitrogens with one attached hydrogen (secondary N) is 1. The minimum Gasteiger partial charge on any atom is -0.478 e. The van der Waals surface area contributed by atoms with Crippen molar-refractivity contribution < 1.29 is 14.7 Å². The number of hydrogen-bond acceptors (Lipinski definition) is 5. The third kappa shape index (κ3) is 2.48. The summed E-state index contributed by atoms with van der Waals surface area (Å²) in [5.74, 6) is -1.79. The lowest BCUT2D eigenvalue weighted by Gasteiger charge is -1.98. The third-order valence-electron chi connectivity index (χ3n) is 2.79. The summed E-state index contributed by atoms with van der Waals surface area (Å²) < 4.78 is 2.23. The van der Waals surface area contributed by atoms with Crippen LogP contribution in [0.15, 0.2) is 30.5 Å². The molecular formula is C13H10N4O3S. The summed E-state index contributed by atoms with van der Waals surface area (Å²) in [6.07, 6.45) is 1.29. The summed E-state index contributed by atoms with van der Waals surface area (Å²) in [5.41, 5.74) is 0.498. The van der Waals surface area contributed by atoms with Crippen molar-refractivity contribution >= 4 is 38.6 Å². The second-order valence-corrected chi connectivity index (χ2v) is 5.34. The Labute approximate surface area is 122 Å². The largest absolute Gasteiger partial charge is 0.478 e. The van der Waals surface area contributed by atoms with E-state index < -0.39 is 11.9 Å². The molecule has 0 fully saturated rings. The summed E-state index contributed by atoms with van der Waals surface area (Å²) in [7, 11) is 1.56. The Kier molecular flexibility index (Phi) is 3.15. The number of benzene rings is 1. The number of hydrogen-bond donors (Lipinski definition) is 2. The molecule has 3 aromatic rings. The first-order chi connectivity index (χ1) is 10.0. The van der Waals surface area contributed by atoms with Crippen LogP contribution in [0.4, 0.5) is 5.13 Å². The monoisotopic (exact) mass is 302 g/mol. The molecule has 0 spiro atoms. The molecule has 0 bridgehead atoms. The van der Waals surface area contributed by atoms with Crippen molar-refractivity contribution in [3.63, 3.8) is 0 Å². The molecule has 0 saturated carbocycles. The van der Waals surface area contributed by atoms with Gasteiger partial charge in [0.25, 0.3) is 5.91 Å². The van der Waals surface area contributed by atoms with Gasteiger partial charge in [0.1, 0.15) is 5.56 Å². The Hall–Kier alpha value is -2.74. The van der Waals surface area contributed by atoms with Gasteiger partial charge in [-0.1, -0.05) is 23.5 Å². The number of carboxylic acid groups (broad SMARTS) is 1. The standard InChI is InChI=1S/C13H10N4O3S/c1-17-6-7(12(19)20)10(16-17)11(18)15-13-14-8-4-2-3-5-9(8)21-13/h2-6H,1H3,(H,19,20)(H,14,15,18). The lowest BCUT2D eigenvalue weighted by atomic mass is 10.2. The smallest absolute Gasteiger partial charge is 0.339 e. The number of carbonyl (C=O) groups excluding carboxylic acids is 1. The first-order valence-electron chi connectivity index (χ1n) is 5.98. The van der Waals surface area contributed by atoms with Crippen LogP contribution < -0.4 is 5.32 Å². The number of para-hydroxylation sites is 1. The van der Waals surface area contributed by atoms with Crippen molar-refractivity contribution in [2.24, 2.45) is 7.05 Å². The Morgan fingerprint density at radius 3 is 2.81 bits per heavy atom. The van der Waals surface area contributed by atoms with E-state index in [0.717, 1.165) is 10.2 Å². The number of nitrogens with zero attached hydrogens (tertiary/aromatic N) is 3. The second kappa shape index (κ2) is 4.98. The Bertz CT molecular complexity index is 819. The van der Waals surface area contributed by atoms with Gasteiger partial charge in [-0.15, -0.1) is 0 Å². The fourth-order valence-corrected chi connectivity index (χ4v) is 2.76. The number of aryl methyl sites for hydroxylation is 1. The number of carboxylic acids is 1. The summed E-state index contributed by atoms with van der Waals surface area (Å²) in [6, 6.07) is 7.47. The first-order valence-corrected chi connectivity index (χ1v) is 6.80. The van der Waals surface area contributed by atoms with Gasteiger partial charge >= 0.3 is 5.97 Å². The van der Waals surface area contributed by atoms with E-state index in [2.05, 4.69) is 15.4 Å². The van der Waals surface area contributed by atoms with Crippen molar-refractivity contribution in [1.29, 1.82) is 0 Å². The number of amides is 1. The van der Waals surface area contributed by atoms with Gasteiger partial charge in [-0.2, -0.15) is 5.10 Å². The molecule has 8 heteroatoms. The van der Waals surface area contributed by atoms with Crippen molar-refractivity contribution in [1.82, 2.24) is 14.8 Å². The number of thiazole rings is 1. The quantitative estimate of drug-likeness (QED) is 0.771. The minimum absolute atomic E-state index is 0.135. The van der Waals surface area contributed by atoms with Crippen molar-refractivity contribution in [3.05, 3.63) is 41.7 Å². The zero-order valence-electron chi connectivity index (χ0n) is 10.9. The van der Waals surface area contributed by atoms with E-state index in [4.69, 9.17) is 5.11 Å². The van der Waals surface area contributed by atoms with Crippen LogP contribution in [0.3, 0.4) is 0 Å². The highest BCUT2D eigenvalue weighted by Crippen LogP contribution is 2.25. The van der Waals surface area contributed by atoms with E-state index in [1.807, 2.05) is 24.3 Å². The molecule has 3 rings (SSSR count). The molecule has 2 N–H and O–H groups in total. The molecule has 106 valence electrons. The lowest BCUT2D eigenvalue weighted by Crippen LogP contribution is -2.16. The molecule has 0 atom stereocenters. The fraction of sp³-hybridized carbons (Fsp3) is 0.0769. The molecule has 1 aromatic carbocycles. The molecule has 21 heavy (non-hydrogen) atoms. The molecule has 0 radical (unpaired) electrons. The van der Waals surface area contributed by atoms with Crippen LogP contribution >= 0.6 is 11.3 Å². The Balaban J connectivity index is 1.91. The highest BCUT2D eigenvalue weighted by Gasteiger charge is 2.21. The van der Waals surface area contributed by atoms with Gasteiger partial charge < -0.3 is 5.11 Å². The number of anilines is 1. The average Bonchev–Trinajstić information content (AvgIpc) is 3.01. The van der Waals surface area contributed by atoms with Gasteiger partial charge in [-0.25, -0.2) is 9.78 Å². The maximum Gasteiger partial charge on any atom is 0.339 e. The molecule has 0 unspecified atom stereocenters. The predicted molar refractivity (Wildman–Crippen MR) is 77.7 cm³/mol. The predicted octanol–water partition coefficient (Wildman–Crippen LogP) is 1.98. The molecule has 0 aliphatic heterocycles. The number of rotatable bonds is 3. The molecule has 7 nitrogen and oxygen atoms in total. The maximum atomic E-state index is 12.1. The minimum atomic E-state index is -1.20. The van der Waals surface area contributed by atoms with E-state index in [0.29, 0.717) is 5.13 Å². The van der Waals surface area contributed by atoms with Gasteiger partial charge in [0.15, 0.2) is 10.8 Å². The highest BCUT2D eigenvalue weighted by atomic mass is 32.1. The van der Waals surface area contributed by atoms with Gasteiger partial charge in [0.05, 0.1) is 10.2 Å². The summed E-state index contributed by atoms with van der Waals surface area (Å²) in [4.78, 5) is 27.5. The molecule has 1 amide bonds. The summed E-state index contributed by atoms with van der Waals surface area (Å²) in [6.45, 7) is 0. The summed E-state index contributed by atoms with van der Waals surface area (Å²) in [5, 5.41) is 15.9. The normalized spacial score (nSPS) is 10.7. The van der Waals surface area contributed by atoms with Crippen LogP contribution in [0.1, 0.15) is 20.8 Å². The number of aromatic nitrogens is 3. The van der Waals surface area contributed by atoms with Crippen molar-refractivity contribution in [3.8, 4) is 0 Å². The average molecular weight is 302 g/mol.